The average molecular weight is 452 g/mol. The number of rotatable bonds is 5. The van der Waals surface area contributed by atoms with Crippen molar-refractivity contribution in [1.82, 2.24) is 25.2 Å². The molecule has 2 N–H and O–H groups in total. The van der Waals surface area contributed by atoms with Crippen LogP contribution in [0.2, 0.25) is 5.02 Å². The number of benzene rings is 2. The molecule has 0 atom stereocenters. The Morgan fingerprint density at radius 3 is 2.65 bits per heavy atom. The summed E-state index contributed by atoms with van der Waals surface area (Å²) in [6.45, 7) is 0. The van der Waals surface area contributed by atoms with Gasteiger partial charge in [0.2, 0.25) is 5.82 Å². The number of carboxylic acid groups (broad SMARTS) is 1. The lowest BCUT2D eigenvalue weighted by Gasteiger charge is -2.14. The van der Waals surface area contributed by atoms with Crippen molar-refractivity contribution in [2.45, 2.75) is 0 Å². The van der Waals surface area contributed by atoms with Gasteiger partial charge in [0.05, 0.1) is 23.0 Å². The van der Waals surface area contributed by atoms with Crippen molar-refractivity contribution in [3.8, 4) is 34.1 Å². The largest absolute Gasteiger partial charge is 0.496 e. The van der Waals surface area contributed by atoms with Crippen LogP contribution in [0, 0.1) is 0 Å². The molecule has 0 saturated heterocycles. The van der Waals surface area contributed by atoms with Crippen LogP contribution in [0.15, 0.2) is 54.6 Å². The number of aromatic nitrogens is 5. The number of halogens is 1. The van der Waals surface area contributed by atoms with E-state index in [1.807, 2.05) is 41.0 Å². The van der Waals surface area contributed by atoms with Gasteiger partial charge in [0, 0.05) is 21.8 Å². The minimum atomic E-state index is -0.953. The summed E-state index contributed by atoms with van der Waals surface area (Å²) < 4.78 is 8.42. The molecule has 0 radical (unpaired) electrons. The van der Waals surface area contributed by atoms with Crippen LogP contribution < -0.4 is 4.74 Å². The molecule has 5 rings (SSSR count). The van der Waals surface area contributed by atoms with E-state index in [1.165, 1.54) is 11.3 Å². The summed E-state index contributed by atoms with van der Waals surface area (Å²) in [5.74, 6) is 0.166. The summed E-state index contributed by atoms with van der Waals surface area (Å²) in [5, 5.41) is 24.1. The Hall–Kier alpha value is -3.69. The number of thiophene rings is 1. The predicted molar refractivity (Wildman–Crippen MR) is 118 cm³/mol. The van der Waals surface area contributed by atoms with Gasteiger partial charge in [-0.15, -0.1) is 21.5 Å². The first-order valence-electron chi connectivity index (χ1n) is 9.12. The van der Waals surface area contributed by atoms with E-state index in [-0.39, 0.29) is 4.88 Å². The lowest BCUT2D eigenvalue weighted by atomic mass is 10.1. The minimum absolute atomic E-state index is 0.275. The predicted octanol–water partition coefficient (Wildman–Crippen LogP) is 4.90. The Labute approximate surface area is 184 Å². The fraction of sp³-hybridized carbons (Fsp3) is 0.0476. The van der Waals surface area contributed by atoms with E-state index in [2.05, 4.69) is 20.6 Å². The van der Waals surface area contributed by atoms with Crippen molar-refractivity contribution in [3.63, 3.8) is 0 Å². The molecule has 10 heteroatoms. The molecule has 0 unspecified atom stereocenters. The van der Waals surface area contributed by atoms with Gasteiger partial charge in [-0.05, 0) is 59.8 Å². The number of carbonyl (C=O) groups is 1. The summed E-state index contributed by atoms with van der Waals surface area (Å²) in [7, 11) is 1.59. The molecular weight excluding hydrogens is 438 g/mol. The van der Waals surface area contributed by atoms with Gasteiger partial charge in [0.1, 0.15) is 10.6 Å². The smallest absolute Gasteiger partial charge is 0.345 e. The van der Waals surface area contributed by atoms with Gasteiger partial charge >= 0.3 is 5.97 Å². The van der Waals surface area contributed by atoms with Gasteiger partial charge in [0.25, 0.3) is 0 Å². The molecule has 5 aromatic rings. The highest BCUT2D eigenvalue weighted by molar-refractivity contribution is 7.20. The maximum absolute atomic E-state index is 11.5. The van der Waals surface area contributed by atoms with E-state index in [0.717, 1.165) is 32.7 Å². The van der Waals surface area contributed by atoms with Crippen LogP contribution in [0.5, 0.6) is 5.75 Å². The van der Waals surface area contributed by atoms with Crippen molar-refractivity contribution in [1.29, 1.82) is 0 Å². The third-order valence-electron chi connectivity index (χ3n) is 4.87. The number of carboxylic acids is 1. The van der Waals surface area contributed by atoms with Crippen molar-refractivity contribution >= 4 is 39.1 Å². The summed E-state index contributed by atoms with van der Waals surface area (Å²) in [6.07, 6.45) is 0. The van der Waals surface area contributed by atoms with Crippen LogP contribution in [0.25, 0.3) is 38.5 Å². The summed E-state index contributed by atoms with van der Waals surface area (Å²) in [4.78, 5) is 11.8. The highest BCUT2D eigenvalue weighted by Crippen LogP contribution is 2.40. The average Bonchev–Trinajstić information content (AvgIpc) is 3.50. The first kappa shape index (κ1) is 19.3. The quantitative estimate of drug-likeness (QED) is 0.393. The van der Waals surface area contributed by atoms with Gasteiger partial charge in [-0.3, -0.25) is 0 Å². The molecule has 154 valence electrons. The molecule has 3 aromatic heterocycles. The number of aromatic amines is 1. The first-order chi connectivity index (χ1) is 15.0. The molecule has 0 bridgehead atoms. The van der Waals surface area contributed by atoms with Gasteiger partial charge in [-0.25, -0.2) is 4.79 Å². The highest BCUT2D eigenvalue weighted by Gasteiger charge is 2.20. The summed E-state index contributed by atoms with van der Waals surface area (Å²) in [6, 6.07) is 16.7. The van der Waals surface area contributed by atoms with Crippen molar-refractivity contribution in [2.24, 2.45) is 0 Å². The normalized spacial score (nSPS) is 11.2. The Balaban J connectivity index is 1.73. The second-order valence-corrected chi connectivity index (χ2v) is 8.18. The molecule has 0 fully saturated rings. The van der Waals surface area contributed by atoms with Crippen molar-refractivity contribution < 1.29 is 14.6 Å². The highest BCUT2D eigenvalue weighted by atomic mass is 35.5. The maximum Gasteiger partial charge on any atom is 0.345 e. The molecule has 0 spiro atoms. The third kappa shape index (κ3) is 3.33. The zero-order chi connectivity index (χ0) is 21.5. The molecule has 0 aliphatic carbocycles. The number of tetrazole rings is 1. The van der Waals surface area contributed by atoms with Gasteiger partial charge in [-0.1, -0.05) is 11.6 Å². The second kappa shape index (κ2) is 7.53. The molecule has 0 aliphatic rings. The van der Waals surface area contributed by atoms with Crippen LogP contribution in [0.4, 0.5) is 0 Å². The summed E-state index contributed by atoms with van der Waals surface area (Å²) >= 11 is 7.38. The van der Waals surface area contributed by atoms with Gasteiger partial charge in [-0.2, -0.15) is 5.21 Å². The number of H-pyrrole nitrogens is 1. The minimum Gasteiger partial charge on any atom is -0.496 e. The van der Waals surface area contributed by atoms with Crippen LogP contribution in [-0.4, -0.2) is 43.4 Å². The van der Waals surface area contributed by atoms with Crippen LogP contribution in [0.1, 0.15) is 9.67 Å². The van der Waals surface area contributed by atoms with E-state index in [0.29, 0.717) is 16.6 Å². The number of nitrogens with one attached hydrogen (secondary N) is 1. The maximum atomic E-state index is 11.5. The SMILES string of the molecule is COc1cc(Cl)ccc1-c1cc2sc(C(=O)O)cc2n1-c1ccc(-c2nn[nH]n2)cc1. The molecule has 0 amide bonds. The standard InChI is InChI=1S/C21H14ClN5O3S/c1-30-17-8-12(22)4-7-14(17)15-9-18-16(10-19(31-18)21(28)29)27(15)13-5-2-11(3-6-13)20-23-25-26-24-20/h2-10H,1H3,(H,28,29)(H,23,24,25,26). The fourth-order valence-corrected chi connectivity index (χ4v) is 4.58. The number of hydrogen-bond acceptors (Lipinski definition) is 6. The lowest BCUT2D eigenvalue weighted by Crippen LogP contribution is -1.99. The van der Waals surface area contributed by atoms with Crippen molar-refractivity contribution in [3.05, 3.63) is 64.5 Å². The Kier molecular flexibility index (Phi) is 4.68. The number of ether oxygens (including phenoxy) is 1. The Bertz CT molecular complexity index is 1410. The monoisotopic (exact) mass is 451 g/mol. The first-order valence-corrected chi connectivity index (χ1v) is 10.3. The Morgan fingerprint density at radius 1 is 1.16 bits per heavy atom. The topological polar surface area (TPSA) is 106 Å². The van der Waals surface area contributed by atoms with Crippen LogP contribution in [0.3, 0.4) is 0 Å². The van der Waals surface area contributed by atoms with E-state index < -0.39 is 5.97 Å². The number of fused-ring (bicyclic) bond motifs is 1. The summed E-state index contributed by atoms with van der Waals surface area (Å²) in [5.41, 5.74) is 4.15. The number of hydrogen-bond donors (Lipinski definition) is 2. The van der Waals surface area contributed by atoms with Crippen LogP contribution in [-0.2, 0) is 0 Å². The zero-order valence-corrected chi connectivity index (χ0v) is 17.6. The zero-order valence-electron chi connectivity index (χ0n) is 16.0. The molecular formula is C21H14ClN5O3S. The Morgan fingerprint density at radius 2 is 1.97 bits per heavy atom. The fourth-order valence-electron chi connectivity index (χ4n) is 3.49. The van der Waals surface area contributed by atoms with Crippen LogP contribution >= 0.6 is 22.9 Å². The van der Waals surface area contributed by atoms with E-state index >= 15 is 0 Å². The lowest BCUT2D eigenvalue weighted by molar-refractivity contribution is 0.0702. The van der Waals surface area contributed by atoms with Gasteiger partial charge in [0.15, 0.2) is 0 Å². The van der Waals surface area contributed by atoms with E-state index in [9.17, 15) is 9.90 Å². The second-order valence-electron chi connectivity index (χ2n) is 6.66. The van der Waals surface area contributed by atoms with Crippen molar-refractivity contribution in [2.75, 3.05) is 7.11 Å². The van der Waals surface area contributed by atoms with Gasteiger partial charge < -0.3 is 14.4 Å². The number of methoxy groups -OCH3 is 1. The molecule has 3 heterocycles. The molecule has 0 saturated carbocycles. The molecule has 2 aromatic carbocycles. The van der Waals surface area contributed by atoms with E-state index in [1.54, 1.807) is 25.3 Å². The molecule has 31 heavy (non-hydrogen) atoms. The molecule has 8 nitrogen and oxygen atoms in total. The number of aromatic carboxylic acids is 1. The number of nitrogens with zero attached hydrogens (tertiary/aromatic N) is 4. The van der Waals surface area contributed by atoms with E-state index in [4.69, 9.17) is 16.3 Å². The third-order valence-corrected chi connectivity index (χ3v) is 6.16. The molecule has 0 aliphatic heterocycles.